The first-order chi connectivity index (χ1) is 12.7. The van der Waals surface area contributed by atoms with Gasteiger partial charge in [-0.3, -0.25) is 9.78 Å². The Labute approximate surface area is 182 Å². The van der Waals surface area contributed by atoms with Crippen molar-refractivity contribution < 1.29 is 5.11 Å². The summed E-state index contributed by atoms with van der Waals surface area (Å²) in [5, 5.41) is 24.0. The third-order valence-electron chi connectivity index (χ3n) is 3.68. The lowest BCUT2D eigenvalue weighted by Gasteiger charge is -2.16. The molecule has 2 heterocycles. The lowest BCUT2D eigenvalue weighted by molar-refractivity contribution is 0.0580. The van der Waals surface area contributed by atoms with Gasteiger partial charge in [0.15, 0.2) is 0 Å². The first-order valence-corrected chi connectivity index (χ1v) is 10.3. The highest BCUT2D eigenvalue weighted by atomic mass is 79.9. The molecule has 5 nitrogen and oxygen atoms in total. The van der Waals surface area contributed by atoms with E-state index < -0.39 is 5.60 Å². The highest BCUT2D eigenvalue weighted by molar-refractivity contribution is 9.10. The number of hydrogen-bond acceptors (Lipinski definition) is 3. The molecular weight excluding hydrogens is 519 g/mol. The summed E-state index contributed by atoms with van der Waals surface area (Å²) in [5.41, 5.74) is 1.00. The summed E-state index contributed by atoms with van der Waals surface area (Å²) in [6.07, 6.45) is 3.56. The first-order valence-electron chi connectivity index (χ1n) is 7.96. The average molecular weight is 535 g/mol. The number of rotatable bonds is 2. The van der Waals surface area contributed by atoms with E-state index in [9.17, 15) is 5.11 Å². The second-order valence-electron chi connectivity index (χ2n) is 6.63. The highest BCUT2D eigenvalue weighted by Gasteiger charge is 2.15. The Balaban J connectivity index is 0.000000166. The Bertz CT molecular complexity index is 1100. The van der Waals surface area contributed by atoms with Crippen molar-refractivity contribution in [2.75, 3.05) is 0 Å². The third kappa shape index (κ3) is 4.84. The second-order valence-corrected chi connectivity index (χ2v) is 9.09. The van der Waals surface area contributed by atoms with Crippen LogP contribution < -0.4 is 0 Å². The predicted octanol–water partition coefficient (Wildman–Crippen LogP) is 6.20. The van der Waals surface area contributed by atoms with Crippen LogP contribution in [0.3, 0.4) is 0 Å². The van der Waals surface area contributed by atoms with E-state index in [-0.39, 0.29) is 0 Å². The van der Waals surface area contributed by atoms with Crippen LogP contribution in [0.1, 0.15) is 13.8 Å². The molecule has 0 radical (unpaired) electrons. The predicted molar refractivity (Wildman–Crippen MR) is 118 cm³/mol. The van der Waals surface area contributed by atoms with Gasteiger partial charge in [-0.05, 0) is 70.0 Å². The lowest BCUT2D eigenvalue weighted by Crippen LogP contribution is -2.26. The van der Waals surface area contributed by atoms with Crippen LogP contribution in [0.15, 0.2) is 45.6 Å². The maximum Gasteiger partial charge on any atom is 0.0939 e. The molecule has 0 saturated carbocycles. The number of aromatic amines is 1. The number of nitrogens with one attached hydrogen (secondary N) is 1. The van der Waals surface area contributed by atoms with Crippen LogP contribution in [-0.4, -0.2) is 30.7 Å². The van der Waals surface area contributed by atoms with E-state index in [1.807, 2.05) is 30.5 Å². The van der Waals surface area contributed by atoms with Gasteiger partial charge in [-0.2, -0.15) is 10.2 Å². The molecule has 0 spiro atoms. The minimum atomic E-state index is -0.786. The standard InChI is InChI=1S/C11H12BrClN2O.C7H4BrClN2/c1-11(2,16)6-15-5-7-9(14-15)4-3-8(12)10(7)13;8-5-1-2-6-4(7(5)9)3-10-11-6/h3-5,16H,6H2,1-2H3;1-3H,(H,10,11). The highest BCUT2D eigenvalue weighted by Crippen LogP contribution is 2.31. The SMILES string of the molecule is CC(C)(O)Cn1cc2c(Cl)c(Br)ccc2n1.Clc1c(Br)ccc2[nH]ncc12. The minimum absolute atomic E-state index is 0.440. The Hall–Kier alpha value is -1.12. The molecule has 2 N–H and O–H groups in total. The zero-order valence-corrected chi connectivity index (χ0v) is 19.2. The number of H-pyrrole nitrogens is 1. The number of hydrogen-bond donors (Lipinski definition) is 2. The van der Waals surface area contributed by atoms with Crippen LogP contribution >= 0.6 is 55.1 Å². The number of aliphatic hydroxyl groups is 1. The molecular formula is C18H16Br2Cl2N4O. The van der Waals surface area contributed by atoms with Gasteiger partial charge in [0, 0.05) is 25.9 Å². The molecule has 0 aliphatic heterocycles. The largest absolute Gasteiger partial charge is 0.389 e. The van der Waals surface area contributed by atoms with Gasteiger partial charge in [0.1, 0.15) is 0 Å². The molecule has 0 saturated heterocycles. The molecule has 142 valence electrons. The van der Waals surface area contributed by atoms with Crippen molar-refractivity contribution in [3.05, 3.63) is 55.6 Å². The number of nitrogens with zero attached hydrogens (tertiary/aromatic N) is 3. The van der Waals surface area contributed by atoms with Crippen molar-refractivity contribution in [2.24, 2.45) is 0 Å². The van der Waals surface area contributed by atoms with Crippen molar-refractivity contribution in [1.29, 1.82) is 0 Å². The topological polar surface area (TPSA) is 66.7 Å². The van der Waals surface area contributed by atoms with Crippen LogP contribution in [0.2, 0.25) is 10.0 Å². The van der Waals surface area contributed by atoms with Crippen molar-refractivity contribution in [3.8, 4) is 0 Å². The molecule has 0 fully saturated rings. The van der Waals surface area contributed by atoms with Crippen LogP contribution in [0.5, 0.6) is 0 Å². The summed E-state index contributed by atoms with van der Waals surface area (Å²) in [4.78, 5) is 0. The molecule has 9 heteroatoms. The maximum atomic E-state index is 9.72. The van der Waals surface area contributed by atoms with Gasteiger partial charge in [0.25, 0.3) is 0 Å². The van der Waals surface area contributed by atoms with E-state index in [0.717, 1.165) is 30.8 Å². The van der Waals surface area contributed by atoms with E-state index in [4.69, 9.17) is 23.2 Å². The number of fused-ring (bicyclic) bond motifs is 2. The molecule has 0 bridgehead atoms. The molecule has 27 heavy (non-hydrogen) atoms. The van der Waals surface area contributed by atoms with Gasteiger partial charge < -0.3 is 5.11 Å². The number of aromatic nitrogens is 4. The Morgan fingerprint density at radius 1 is 1.07 bits per heavy atom. The summed E-state index contributed by atoms with van der Waals surface area (Å²) >= 11 is 18.8. The second kappa shape index (κ2) is 8.09. The fourth-order valence-electron chi connectivity index (χ4n) is 2.52. The summed E-state index contributed by atoms with van der Waals surface area (Å²) in [7, 11) is 0. The Morgan fingerprint density at radius 2 is 1.70 bits per heavy atom. The van der Waals surface area contributed by atoms with E-state index in [1.165, 1.54) is 0 Å². The van der Waals surface area contributed by atoms with Crippen LogP contribution in [0.4, 0.5) is 0 Å². The van der Waals surface area contributed by atoms with Gasteiger partial charge >= 0.3 is 0 Å². The Morgan fingerprint density at radius 3 is 2.37 bits per heavy atom. The van der Waals surface area contributed by atoms with Crippen LogP contribution in [0, 0.1) is 0 Å². The monoisotopic (exact) mass is 532 g/mol. The van der Waals surface area contributed by atoms with Crippen LogP contribution in [-0.2, 0) is 6.54 Å². The first kappa shape index (κ1) is 20.6. The van der Waals surface area contributed by atoms with Gasteiger partial charge in [-0.25, -0.2) is 0 Å². The zero-order chi connectivity index (χ0) is 19.8. The van der Waals surface area contributed by atoms with Crippen molar-refractivity contribution >= 4 is 76.9 Å². The van der Waals surface area contributed by atoms with Crippen molar-refractivity contribution in [1.82, 2.24) is 20.0 Å². The molecule has 2 aromatic heterocycles. The summed E-state index contributed by atoms with van der Waals surface area (Å²) in [6.45, 7) is 3.93. The van der Waals surface area contributed by atoms with E-state index >= 15 is 0 Å². The van der Waals surface area contributed by atoms with E-state index in [1.54, 1.807) is 24.7 Å². The summed E-state index contributed by atoms with van der Waals surface area (Å²) in [5.74, 6) is 0. The quantitative estimate of drug-likeness (QED) is 0.322. The molecule has 4 aromatic rings. The average Bonchev–Trinajstić information content (AvgIpc) is 3.21. The van der Waals surface area contributed by atoms with Gasteiger partial charge in [-0.15, -0.1) is 0 Å². The van der Waals surface area contributed by atoms with E-state index in [2.05, 4.69) is 47.2 Å². The van der Waals surface area contributed by atoms with Crippen LogP contribution in [0.25, 0.3) is 21.8 Å². The third-order valence-corrected chi connectivity index (χ3v) is 6.28. The fourth-order valence-corrected chi connectivity index (χ4v) is 3.63. The molecule has 0 amide bonds. The van der Waals surface area contributed by atoms with E-state index in [0.29, 0.717) is 16.6 Å². The minimum Gasteiger partial charge on any atom is -0.389 e. The summed E-state index contributed by atoms with van der Waals surface area (Å²) in [6, 6.07) is 7.58. The lowest BCUT2D eigenvalue weighted by atomic mass is 10.1. The molecule has 0 aliphatic rings. The van der Waals surface area contributed by atoms with Gasteiger partial charge in [-0.1, -0.05) is 23.2 Å². The normalized spacial score (nSPS) is 11.7. The van der Waals surface area contributed by atoms with Crippen molar-refractivity contribution in [2.45, 2.75) is 26.0 Å². The molecule has 0 unspecified atom stereocenters. The molecule has 4 rings (SSSR count). The van der Waals surface area contributed by atoms with Gasteiger partial charge in [0.05, 0.1) is 39.4 Å². The smallest absolute Gasteiger partial charge is 0.0939 e. The Kier molecular flexibility index (Phi) is 6.17. The zero-order valence-electron chi connectivity index (χ0n) is 14.5. The molecule has 0 atom stereocenters. The van der Waals surface area contributed by atoms with Crippen molar-refractivity contribution in [3.63, 3.8) is 0 Å². The number of benzene rings is 2. The summed E-state index contributed by atoms with van der Waals surface area (Å²) < 4.78 is 3.46. The maximum absolute atomic E-state index is 9.72. The fraction of sp³-hybridized carbons (Fsp3) is 0.222. The molecule has 2 aromatic carbocycles. The molecule has 0 aliphatic carbocycles. The number of halogens is 4. The van der Waals surface area contributed by atoms with Gasteiger partial charge in [0.2, 0.25) is 0 Å².